The van der Waals surface area contributed by atoms with E-state index in [4.69, 9.17) is 5.73 Å². The highest BCUT2D eigenvalue weighted by atomic mass is 16.2. The van der Waals surface area contributed by atoms with Gasteiger partial charge in [0.2, 0.25) is 11.8 Å². The molecule has 1 aliphatic heterocycles. The molecule has 1 aromatic rings. The van der Waals surface area contributed by atoms with Gasteiger partial charge in [-0.1, -0.05) is 6.92 Å². The molecular formula is C11H17N5O2. The van der Waals surface area contributed by atoms with Crippen LogP contribution in [0.3, 0.4) is 0 Å². The first-order valence-corrected chi connectivity index (χ1v) is 5.88. The number of amides is 2. The summed E-state index contributed by atoms with van der Waals surface area (Å²) in [4.78, 5) is 22.7. The summed E-state index contributed by atoms with van der Waals surface area (Å²) in [6.45, 7) is 3.61. The largest absolute Gasteiger partial charge is 0.368 e. The topological polar surface area (TPSA) is 102 Å². The first kappa shape index (κ1) is 12.6. The number of primary amides is 1. The van der Waals surface area contributed by atoms with Gasteiger partial charge in [-0.2, -0.15) is 5.10 Å². The van der Waals surface area contributed by atoms with Crippen molar-refractivity contribution in [3.05, 3.63) is 12.4 Å². The van der Waals surface area contributed by atoms with Crippen LogP contribution in [0.5, 0.6) is 0 Å². The average Bonchev–Trinajstić information content (AvgIpc) is 2.87. The zero-order chi connectivity index (χ0) is 13.1. The van der Waals surface area contributed by atoms with E-state index in [1.54, 1.807) is 6.20 Å². The van der Waals surface area contributed by atoms with Crippen molar-refractivity contribution in [2.24, 2.45) is 17.6 Å². The number of nitrogens with one attached hydrogen (secondary N) is 2. The fourth-order valence-corrected chi connectivity index (χ4v) is 2.07. The number of carbonyl (C=O) groups excluding carboxylic acids is 2. The Hall–Kier alpha value is -1.89. The van der Waals surface area contributed by atoms with E-state index in [1.807, 2.05) is 6.92 Å². The maximum atomic E-state index is 12.0. The molecule has 0 radical (unpaired) electrons. The van der Waals surface area contributed by atoms with Crippen LogP contribution >= 0.6 is 0 Å². The number of nitrogens with zero attached hydrogens (tertiary/aromatic N) is 2. The fourth-order valence-electron chi connectivity index (χ4n) is 2.07. The summed E-state index contributed by atoms with van der Waals surface area (Å²) in [5.74, 6) is -0.189. The third-order valence-corrected chi connectivity index (χ3v) is 3.07. The Labute approximate surface area is 105 Å². The molecule has 4 N–H and O–H groups in total. The second kappa shape index (κ2) is 5.18. The van der Waals surface area contributed by atoms with E-state index in [0.717, 1.165) is 6.54 Å². The lowest BCUT2D eigenvalue weighted by atomic mass is 9.97. The molecule has 2 rings (SSSR count). The standard InChI is InChI=1S/C11H17N5O2/c1-7-2-13-4-9(7)11(18)15-8-3-14-16(5-8)6-10(12)17/h3,5,7,9,13H,2,4,6H2,1H3,(H2,12,17)(H,15,18). The van der Waals surface area contributed by atoms with Gasteiger partial charge in [0.25, 0.3) is 0 Å². The Morgan fingerprint density at radius 2 is 2.39 bits per heavy atom. The minimum atomic E-state index is -0.468. The summed E-state index contributed by atoms with van der Waals surface area (Å²) in [6, 6.07) is 0. The smallest absolute Gasteiger partial charge is 0.239 e. The summed E-state index contributed by atoms with van der Waals surface area (Å²) in [6.07, 6.45) is 3.10. The first-order valence-electron chi connectivity index (χ1n) is 5.88. The molecular weight excluding hydrogens is 234 g/mol. The minimum absolute atomic E-state index is 0.0112. The minimum Gasteiger partial charge on any atom is -0.368 e. The summed E-state index contributed by atoms with van der Waals surface area (Å²) >= 11 is 0. The van der Waals surface area contributed by atoms with Crippen LogP contribution in [0.2, 0.25) is 0 Å². The maximum absolute atomic E-state index is 12.0. The van der Waals surface area contributed by atoms with Crippen molar-refractivity contribution >= 4 is 17.5 Å². The van der Waals surface area contributed by atoms with Crippen LogP contribution in [0, 0.1) is 11.8 Å². The number of carbonyl (C=O) groups is 2. The molecule has 0 aromatic carbocycles. The van der Waals surface area contributed by atoms with E-state index in [1.165, 1.54) is 10.9 Å². The van der Waals surface area contributed by atoms with Crippen LogP contribution in [0.1, 0.15) is 6.92 Å². The molecule has 1 aliphatic rings. The predicted molar refractivity (Wildman–Crippen MR) is 65.6 cm³/mol. The maximum Gasteiger partial charge on any atom is 0.239 e. The van der Waals surface area contributed by atoms with Crippen molar-refractivity contribution < 1.29 is 9.59 Å². The lowest BCUT2D eigenvalue weighted by Crippen LogP contribution is -2.27. The van der Waals surface area contributed by atoms with Crippen LogP contribution in [-0.4, -0.2) is 34.7 Å². The first-order chi connectivity index (χ1) is 8.56. The SMILES string of the molecule is CC1CNCC1C(=O)Nc1cnn(CC(N)=O)c1. The summed E-state index contributed by atoms with van der Waals surface area (Å²) in [5, 5.41) is 9.91. The van der Waals surface area contributed by atoms with Crippen molar-refractivity contribution in [2.75, 3.05) is 18.4 Å². The Kier molecular flexibility index (Phi) is 3.61. The number of rotatable bonds is 4. The molecule has 1 fully saturated rings. The van der Waals surface area contributed by atoms with Gasteiger partial charge < -0.3 is 16.4 Å². The van der Waals surface area contributed by atoms with Crippen molar-refractivity contribution in [3.63, 3.8) is 0 Å². The molecule has 2 atom stereocenters. The molecule has 2 amide bonds. The number of anilines is 1. The van der Waals surface area contributed by atoms with Gasteiger partial charge in [-0.3, -0.25) is 14.3 Å². The van der Waals surface area contributed by atoms with E-state index in [0.29, 0.717) is 18.2 Å². The highest BCUT2D eigenvalue weighted by molar-refractivity contribution is 5.92. The van der Waals surface area contributed by atoms with Crippen molar-refractivity contribution in [1.82, 2.24) is 15.1 Å². The third-order valence-electron chi connectivity index (χ3n) is 3.07. The second-order valence-electron chi connectivity index (χ2n) is 4.62. The van der Waals surface area contributed by atoms with Gasteiger partial charge in [-0.25, -0.2) is 0 Å². The lowest BCUT2D eigenvalue weighted by Gasteiger charge is -2.12. The summed E-state index contributed by atoms with van der Waals surface area (Å²) in [7, 11) is 0. The van der Waals surface area contributed by atoms with Crippen molar-refractivity contribution in [3.8, 4) is 0 Å². The van der Waals surface area contributed by atoms with Crippen LogP contribution in [0.15, 0.2) is 12.4 Å². The monoisotopic (exact) mass is 251 g/mol. The van der Waals surface area contributed by atoms with Gasteiger partial charge in [0.05, 0.1) is 17.8 Å². The zero-order valence-electron chi connectivity index (χ0n) is 10.2. The number of nitrogens with two attached hydrogens (primary N) is 1. The zero-order valence-corrected chi connectivity index (χ0v) is 10.2. The molecule has 7 nitrogen and oxygen atoms in total. The Morgan fingerprint density at radius 1 is 1.61 bits per heavy atom. The summed E-state index contributed by atoms with van der Waals surface area (Å²) in [5.41, 5.74) is 5.64. The summed E-state index contributed by atoms with van der Waals surface area (Å²) < 4.78 is 1.40. The molecule has 0 saturated carbocycles. The molecule has 0 aliphatic carbocycles. The molecule has 1 saturated heterocycles. The van der Waals surface area contributed by atoms with E-state index in [9.17, 15) is 9.59 Å². The molecule has 0 bridgehead atoms. The highest BCUT2D eigenvalue weighted by Gasteiger charge is 2.29. The van der Waals surface area contributed by atoms with Gasteiger partial charge in [-0.15, -0.1) is 0 Å². The molecule has 1 aromatic heterocycles. The van der Waals surface area contributed by atoms with Crippen LogP contribution in [0.4, 0.5) is 5.69 Å². The van der Waals surface area contributed by atoms with Gasteiger partial charge in [0.1, 0.15) is 6.54 Å². The molecule has 0 spiro atoms. The van der Waals surface area contributed by atoms with E-state index in [2.05, 4.69) is 15.7 Å². The number of aromatic nitrogens is 2. The quantitative estimate of drug-likeness (QED) is 0.649. The molecule has 2 heterocycles. The van der Waals surface area contributed by atoms with Gasteiger partial charge >= 0.3 is 0 Å². The van der Waals surface area contributed by atoms with Gasteiger partial charge in [-0.05, 0) is 12.5 Å². The third kappa shape index (κ3) is 2.86. The van der Waals surface area contributed by atoms with Crippen molar-refractivity contribution in [2.45, 2.75) is 13.5 Å². The van der Waals surface area contributed by atoms with E-state index >= 15 is 0 Å². The normalized spacial score (nSPS) is 22.9. The molecule has 98 valence electrons. The van der Waals surface area contributed by atoms with E-state index < -0.39 is 5.91 Å². The Bertz CT molecular complexity index is 456. The Balaban J connectivity index is 1.94. The van der Waals surface area contributed by atoms with Crippen LogP contribution in [0.25, 0.3) is 0 Å². The van der Waals surface area contributed by atoms with Gasteiger partial charge in [0.15, 0.2) is 0 Å². The molecule has 2 unspecified atom stereocenters. The highest BCUT2D eigenvalue weighted by Crippen LogP contribution is 2.18. The van der Waals surface area contributed by atoms with Crippen LogP contribution < -0.4 is 16.4 Å². The predicted octanol–water partition coefficient (Wildman–Crippen LogP) is -0.838. The number of hydrogen-bond donors (Lipinski definition) is 3. The lowest BCUT2D eigenvalue weighted by molar-refractivity contribution is -0.120. The average molecular weight is 251 g/mol. The second-order valence-corrected chi connectivity index (χ2v) is 4.62. The van der Waals surface area contributed by atoms with Crippen LogP contribution in [-0.2, 0) is 16.1 Å². The van der Waals surface area contributed by atoms with Gasteiger partial charge in [0, 0.05) is 12.7 Å². The fraction of sp³-hybridized carbons (Fsp3) is 0.545. The molecule has 18 heavy (non-hydrogen) atoms. The van der Waals surface area contributed by atoms with Crippen molar-refractivity contribution in [1.29, 1.82) is 0 Å². The number of hydrogen-bond acceptors (Lipinski definition) is 4. The molecule has 7 heteroatoms. The Morgan fingerprint density at radius 3 is 3.00 bits per heavy atom. The van der Waals surface area contributed by atoms with E-state index in [-0.39, 0.29) is 18.4 Å².